The SMILES string of the molecule is CC(C)C(O)CC(=O)Nc1ccc2oc(=O)n(C)c2c1. The van der Waals surface area contributed by atoms with Gasteiger partial charge in [-0.3, -0.25) is 9.36 Å². The molecule has 0 radical (unpaired) electrons. The van der Waals surface area contributed by atoms with E-state index in [0.717, 1.165) is 0 Å². The number of hydrogen-bond acceptors (Lipinski definition) is 4. The molecule has 0 saturated carbocycles. The number of benzene rings is 1. The predicted molar refractivity (Wildman–Crippen MR) is 75.5 cm³/mol. The number of amides is 1. The summed E-state index contributed by atoms with van der Waals surface area (Å²) in [6.07, 6.45) is -0.628. The number of fused-ring (bicyclic) bond motifs is 1. The zero-order valence-corrected chi connectivity index (χ0v) is 11.7. The van der Waals surface area contributed by atoms with Crippen LogP contribution in [0.4, 0.5) is 5.69 Å². The number of aliphatic hydroxyl groups is 1. The lowest BCUT2D eigenvalue weighted by atomic mass is 10.0. The fourth-order valence-corrected chi connectivity index (χ4v) is 1.84. The van der Waals surface area contributed by atoms with Crippen LogP contribution in [-0.4, -0.2) is 21.7 Å². The molecule has 6 nitrogen and oxygen atoms in total. The number of rotatable bonds is 4. The summed E-state index contributed by atoms with van der Waals surface area (Å²) in [5, 5.41) is 12.4. The van der Waals surface area contributed by atoms with Crippen molar-refractivity contribution in [3.05, 3.63) is 28.7 Å². The van der Waals surface area contributed by atoms with E-state index in [4.69, 9.17) is 4.42 Å². The van der Waals surface area contributed by atoms with E-state index >= 15 is 0 Å². The van der Waals surface area contributed by atoms with Crippen LogP contribution in [0, 0.1) is 5.92 Å². The molecule has 6 heteroatoms. The molecule has 0 aliphatic rings. The van der Waals surface area contributed by atoms with E-state index in [-0.39, 0.29) is 18.2 Å². The van der Waals surface area contributed by atoms with Crippen molar-refractivity contribution in [2.45, 2.75) is 26.4 Å². The number of aryl methyl sites for hydroxylation is 1. The van der Waals surface area contributed by atoms with Gasteiger partial charge in [0.1, 0.15) is 0 Å². The summed E-state index contributed by atoms with van der Waals surface area (Å²) >= 11 is 0. The lowest BCUT2D eigenvalue weighted by Gasteiger charge is -2.13. The number of hydrogen-bond donors (Lipinski definition) is 2. The Morgan fingerprint density at radius 2 is 2.15 bits per heavy atom. The van der Waals surface area contributed by atoms with Gasteiger partial charge in [-0.05, 0) is 24.1 Å². The van der Waals surface area contributed by atoms with Crippen molar-refractivity contribution in [1.29, 1.82) is 0 Å². The number of nitrogens with one attached hydrogen (secondary N) is 1. The number of aromatic nitrogens is 1. The molecule has 20 heavy (non-hydrogen) atoms. The Labute approximate surface area is 116 Å². The lowest BCUT2D eigenvalue weighted by Crippen LogP contribution is -2.23. The normalized spacial score (nSPS) is 12.8. The number of carbonyl (C=O) groups is 1. The van der Waals surface area contributed by atoms with Gasteiger partial charge in [-0.1, -0.05) is 13.8 Å². The van der Waals surface area contributed by atoms with Crippen molar-refractivity contribution in [1.82, 2.24) is 4.57 Å². The minimum absolute atomic E-state index is 0.0259. The highest BCUT2D eigenvalue weighted by molar-refractivity contribution is 5.93. The molecule has 1 amide bonds. The Hall–Kier alpha value is -2.08. The Kier molecular flexibility index (Phi) is 3.94. The van der Waals surface area contributed by atoms with Gasteiger partial charge < -0.3 is 14.8 Å². The van der Waals surface area contributed by atoms with Crippen LogP contribution in [0.15, 0.2) is 27.4 Å². The van der Waals surface area contributed by atoms with Crippen molar-refractivity contribution in [3.63, 3.8) is 0 Å². The van der Waals surface area contributed by atoms with E-state index in [2.05, 4.69) is 5.32 Å². The van der Waals surface area contributed by atoms with Crippen LogP contribution in [-0.2, 0) is 11.8 Å². The van der Waals surface area contributed by atoms with Crippen LogP contribution in [0.25, 0.3) is 11.1 Å². The second-order valence-corrected chi connectivity index (χ2v) is 5.17. The Morgan fingerprint density at radius 3 is 2.80 bits per heavy atom. The van der Waals surface area contributed by atoms with Crippen LogP contribution in [0.2, 0.25) is 0 Å². The molecular formula is C14H18N2O4. The van der Waals surface area contributed by atoms with E-state index in [1.54, 1.807) is 25.2 Å². The van der Waals surface area contributed by atoms with Crippen molar-refractivity contribution in [2.24, 2.45) is 13.0 Å². The largest absolute Gasteiger partial charge is 0.419 e. The molecule has 2 aromatic rings. The smallest absolute Gasteiger partial charge is 0.408 e. The highest BCUT2D eigenvalue weighted by Crippen LogP contribution is 2.18. The summed E-state index contributed by atoms with van der Waals surface area (Å²) in [6, 6.07) is 4.95. The molecule has 0 fully saturated rings. The van der Waals surface area contributed by atoms with Gasteiger partial charge in [0.15, 0.2) is 5.58 Å². The summed E-state index contributed by atoms with van der Waals surface area (Å²) in [5.41, 5.74) is 1.64. The lowest BCUT2D eigenvalue weighted by molar-refractivity contribution is -0.118. The van der Waals surface area contributed by atoms with Crippen LogP contribution in [0.5, 0.6) is 0 Å². The number of oxazole rings is 1. The average molecular weight is 278 g/mol. The molecule has 2 rings (SSSR count). The Morgan fingerprint density at radius 1 is 1.45 bits per heavy atom. The van der Waals surface area contributed by atoms with E-state index in [9.17, 15) is 14.7 Å². The maximum absolute atomic E-state index is 11.8. The van der Waals surface area contributed by atoms with Crippen LogP contribution >= 0.6 is 0 Å². The Bertz CT molecular complexity index is 684. The number of aliphatic hydroxyl groups excluding tert-OH is 1. The van der Waals surface area contributed by atoms with Gasteiger partial charge in [0, 0.05) is 12.7 Å². The van der Waals surface area contributed by atoms with Crippen molar-refractivity contribution in [2.75, 3.05) is 5.32 Å². The molecule has 0 bridgehead atoms. The highest BCUT2D eigenvalue weighted by atomic mass is 16.4. The second-order valence-electron chi connectivity index (χ2n) is 5.17. The monoisotopic (exact) mass is 278 g/mol. The molecule has 1 unspecified atom stereocenters. The third-order valence-corrected chi connectivity index (χ3v) is 3.24. The maximum Gasteiger partial charge on any atom is 0.419 e. The van der Waals surface area contributed by atoms with Gasteiger partial charge in [-0.25, -0.2) is 4.79 Å². The summed E-state index contributed by atoms with van der Waals surface area (Å²) < 4.78 is 6.38. The van der Waals surface area contributed by atoms with Gasteiger partial charge in [-0.15, -0.1) is 0 Å². The standard InChI is InChI=1S/C14H18N2O4/c1-8(2)11(17)7-13(18)15-9-4-5-12-10(6-9)16(3)14(19)20-12/h4-6,8,11,17H,7H2,1-3H3,(H,15,18). The number of nitrogens with zero attached hydrogens (tertiary/aromatic N) is 1. The molecule has 1 atom stereocenters. The van der Waals surface area contributed by atoms with Gasteiger partial charge >= 0.3 is 5.76 Å². The molecule has 108 valence electrons. The fourth-order valence-electron chi connectivity index (χ4n) is 1.84. The van der Waals surface area contributed by atoms with E-state index in [0.29, 0.717) is 16.8 Å². The molecule has 0 spiro atoms. The molecule has 0 aliphatic heterocycles. The maximum atomic E-state index is 11.8. The first kappa shape index (κ1) is 14.3. The van der Waals surface area contributed by atoms with E-state index in [1.807, 2.05) is 13.8 Å². The number of anilines is 1. The van der Waals surface area contributed by atoms with Crippen molar-refractivity contribution in [3.8, 4) is 0 Å². The minimum Gasteiger partial charge on any atom is -0.408 e. The molecule has 1 aromatic carbocycles. The van der Waals surface area contributed by atoms with Gasteiger partial charge in [0.05, 0.1) is 18.0 Å². The zero-order chi connectivity index (χ0) is 14.9. The first-order valence-corrected chi connectivity index (χ1v) is 6.46. The number of carbonyl (C=O) groups excluding carboxylic acids is 1. The van der Waals surface area contributed by atoms with Gasteiger partial charge in [0.2, 0.25) is 5.91 Å². The molecule has 0 aliphatic carbocycles. The topological polar surface area (TPSA) is 84.5 Å². The van der Waals surface area contributed by atoms with Crippen LogP contribution in [0.3, 0.4) is 0 Å². The summed E-state index contributed by atoms with van der Waals surface area (Å²) in [7, 11) is 1.60. The average Bonchev–Trinajstić information content (AvgIpc) is 2.65. The Balaban J connectivity index is 2.16. The summed E-state index contributed by atoms with van der Waals surface area (Å²) in [5.74, 6) is -0.685. The van der Waals surface area contributed by atoms with E-state index in [1.165, 1.54) is 4.57 Å². The summed E-state index contributed by atoms with van der Waals surface area (Å²) in [4.78, 5) is 23.2. The quantitative estimate of drug-likeness (QED) is 0.887. The first-order chi connectivity index (χ1) is 9.38. The van der Waals surface area contributed by atoms with Gasteiger partial charge in [-0.2, -0.15) is 0 Å². The molecular weight excluding hydrogens is 260 g/mol. The molecule has 0 saturated heterocycles. The predicted octanol–water partition coefficient (Wildman–Crippen LogP) is 1.48. The zero-order valence-electron chi connectivity index (χ0n) is 11.7. The minimum atomic E-state index is -0.669. The highest BCUT2D eigenvalue weighted by Gasteiger charge is 2.15. The van der Waals surface area contributed by atoms with Gasteiger partial charge in [0.25, 0.3) is 0 Å². The van der Waals surface area contributed by atoms with Crippen LogP contribution in [0.1, 0.15) is 20.3 Å². The first-order valence-electron chi connectivity index (χ1n) is 6.46. The van der Waals surface area contributed by atoms with E-state index < -0.39 is 11.9 Å². The molecule has 1 heterocycles. The third kappa shape index (κ3) is 2.91. The molecule has 1 aromatic heterocycles. The molecule has 2 N–H and O–H groups in total. The fraction of sp³-hybridized carbons (Fsp3) is 0.429. The van der Waals surface area contributed by atoms with Crippen molar-refractivity contribution >= 4 is 22.7 Å². The van der Waals surface area contributed by atoms with Crippen molar-refractivity contribution < 1.29 is 14.3 Å². The second kappa shape index (κ2) is 5.50. The summed E-state index contributed by atoms with van der Waals surface area (Å²) in [6.45, 7) is 3.70. The van der Waals surface area contributed by atoms with Crippen LogP contribution < -0.4 is 11.1 Å². The third-order valence-electron chi connectivity index (χ3n) is 3.24.